The number of likely N-dealkylation sites (N-methyl/N-ethyl adjacent to an activating group) is 1. The van der Waals surface area contributed by atoms with E-state index in [-0.39, 0.29) is 12.0 Å². The average molecular weight is 356 g/mol. The Morgan fingerprint density at radius 3 is 2.62 bits per heavy atom. The highest BCUT2D eigenvalue weighted by atomic mass is 16.5. The van der Waals surface area contributed by atoms with Crippen LogP contribution in [-0.2, 0) is 23.1 Å². The zero-order valence-corrected chi connectivity index (χ0v) is 16.1. The average Bonchev–Trinajstić information content (AvgIpc) is 3.29. The lowest BCUT2D eigenvalue weighted by atomic mass is 10.1. The van der Waals surface area contributed by atoms with E-state index in [1.54, 1.807) is 4.90 Å². The lowest BCUT2D eigenvalue weighted by Crippen LogP contribution is -2.37. The van der Waals surface area contributed by atoms with Gasteiger partial charge in [-0.1, -0.05) is 43.2 Å². The van der Waals surface area contributed by atoms with Crippen molar-refractivity contribution in [3.8, 4) is 0 Å². The van der Waals surface area contributed by atoms with Crippen LogP contribution in [0.3, 0.4) is 0 Å². The summed E-state index contributed by atoms with van der Waals surface area (Å²) in [6, 6.07) is 9.88. The number of ether oxygens (including phenoxy) is 1. The number of hydrogen-bond donors (Lipinski definition) is 0. The van der Waals surface area contributed by atoms with Crippen LogP contribution in [0.5, 0.6) is 0 Å². The van der Waals surface area contributed by atoms with Gasteiger partial charge in [0.05, 0.1) is 19.7 Å². The fourth-order valence-corrected chi connectivity index (χ4v) is 3.53. The number of hydrogen-bond acceptors (Lipinski definition) is 2. The van der Waals surface area contributed by atoms with Gasteiger partial charge in [-0.25, -0.2) is 9.13 Å². The van der Waals surface area contributed by atoms with Crippen molar-refractivity contribution >= 4 is 5.91 Å². The van der Waals surface area contributed by atoms with Crippen LogP contribution in [0, 0.1) is 6.92 Å². The molecule has 1 unspecified atom stereocenters. The lowest BCUT2D eigenvalue weighted by molar-refractivity contribution is -0.677. The van der Waals surface area contributed by atoms with Gasteiger partial charge in [-0.3, -0.25) is 4.79 Å². The molecule has 26 heavy (non-hydrogen) atoms. The molecule has 2 aromatic rings. The van der Waals surface area contributed by atoms with E-state index in [4.69, 9.17) is 4.74 Å². The standard InChI is InChI=1S/C21H30N3O2/c1-17-22(2)13-15-24(17)16-14-23(3)21(25)20(18-9-5-4-6-10-18)26-19-11-7-8-12-19/h4-6,9-10,13,15,19-20H,7-8,11-12,14,16H2,1-3H3/q+1. The van der Waals surface area contributed by atoms with Crippen molar-refractivity contribution in [3.05, 3.63) is 54.1 Å². The molecule has 0 spiro atoms. The summed E-state index contributed by atoms with van der Waals surface area (Å²) >= 11 is 0. The third-order valence-electron chi connectivity index (χ3n) is 5.41. The molecule has 0 aliphatic heterocycles. The number of aryl methyl sites for hydroxylation is 1. The molecular formula is C21H30N3O2+. The molecule has 1 heterocycles. The van der Waals surface area contributed by atoms with E-state index < -0.39 is 6.10 Å². The Balaban J connectivity index is 1.68. The van der Waals surface area contributed by atoms with Crippen LogP contribution in [0.2, 0.25) is 0 Å². The van der Waals surface area contributed by atoms with Gasteiger partial charge in [-0.2, -0.15) is 0 Å². The van der Waals surface area contributed by atoms with E-state index >= 15 is 0 Å². The molecule has 0 radical (unpaired) electrons. The maximum atomic E-state index is 13.1. The second-order valence-corrected chi connectivity index (χ2v) is 7.24. The maximum Gasteiger partial charge on any atom is 0.256 e. The summed E-state index contributed by atoms with van der Waals surface area (Å²) in [5.41, 5.74) is 0.944. The quantitative estimate of drug-likeness (QED) is 0.716. The number of imidazole rings is 1. The molecule has 5 heteroatoms. The largest absolute Gasteiger partial charge is 0.360 e. The molecule has 1 fully saturated rings. The third-order valence-corrected chi connectivity index (χ3v) is 5.41. The first kappa shape index (κ1) is 18.6. The number of benzene rings is 1. The molecule has 140 valence electrons. The van der Waals surface area contributed by atoms with Crippen LogP contribution >= 0.6 is 0 Å². The molecule has 0 bridgehead atoms. The number of carbonyl (C=O) groups is 1. The summed E-state index contributed by atoms with van der Waals surface area (Å²) < 4.78 is 10.5. The predicted molar refractivity (Wildman–Crippen MR) is 101 cm³/mol. The monoisotopic (exact) mass is 356 g/mol. The first-order valence-corrected chi connectivity index (χ1v) is 9.53. The van der Waals surface area contributed by atoms with Gasteiger partial charge in [0.1, 0.15) is 18.9 Å². The van der Waals surface area contributed by atoms with Crippen molar-refractivity contribution in [2.75, 3.05) is 13.6 Å². The van der Waals surface area contributed by atoms with Crippen molar-refractivity contribution in [1.82, 2.24) is 9.47 Å². The number of rotatable bonds is 7. The topological polar surface area (TPSA) is 38.4 Å². The molecule has 3 rings (SSSR count). The Kier molecular flexibility index (Phi) is 6.09. The Morgan fingerprint density at radius 1 is 1.31 bits per heavy atom. The van der Waals surface area contributed by atoms with Gasteiger partial charge in [-0.05, 0) is 18.4 Å². The summed E-state index contributed by atoms with van der Waals surface area (Å²) in [5.74, 6) is 1.21. The number of aromatic nitrogens is 2. The zero-order chi connectivity index (χ0) is 18.5. The van der Waals surface area contributed by atoms with Crippen LogP contribution < -0.4 is 4.57 Å². The highest BCUT2D eigenvalue weighted by Crippen LogP contribution is 2.29. The summed E-state index contributed by atoms with van der Waals surface area (Å²) in [4.78, 5) is 14.9. The van der Waals surface area contributed by atoms with E-state index in [2.05, 4.69) is 22.3 Å². The highest BCUT2D eigenvalue weighted by Gasteiger charge is 2.29. The highest BCUT2D eigenvalue weighted by molar-refractivity contribution is 5.82. The van der Waals surface area contributed by atoms with Crippen LogP contribution in [0.4, 0.5) is 0 Å². The molecule has 5 nitrogen and oxygen atoms in total. The minimum atomic E-state index is -0.508. The Labute approximate surface area is 156 Å². The second kappa shape index (κ2) is 8.49. The minimum absolute atomic E-state index is 0.0392. The van der Waals surface area contributed by atoms with E-state index in [1.165, 1.54) is 18.7 Å². The van der Waals surface area contributed by atoms with Crippen molar-refractivity contribution in [2.45, 2.75) is 51.4 Å². The first-order valence-electron chi connectivity index (χ1n) is 9.53. The maximum absolute atomic E-state index is 13.1. The van der Waals surface area contributed by atoms with Gasteiger partial charge in [0.2, 0.25) is 0 Å². The van der Waals surface area contributed by atoms with Gasteiger partial charge in [0.15, 0.2) is 6.10 Å². The fraction of sp³-hybridized carbons (Fsp3) is 0.524. The molecule has 1 aliphatic rings. The van der Waals surface area contributed by atoms with Gasteiger partial charge in [0.25, 0.3) is 11.7 Å². The van der Waals surface area contributed by atoms with Gasteiger partial charge < -0.3 is 9.64 Å². The van der Waals surface area contributed by atoms with E-state index in [0.29, 0.717) is 6.54 Å². The smallest absolute Gasteiger partial charge is 0.256 e. The summed E-state index contributed by atoms with van der Waals surface area (Å²) in [6.07, 6.45) is 8.28. The van der Waals surface area contributed by atoms with Crippen LogP contribution in [0.25, 0.3) is 0 Å². The molecular weight excluding hydrogens is 326 g/mol. The number of carbonyl (C=O) groups excluding carboxylic acids is 1. The summed E-state index contributed by atoms with van der Waals surface area (Å²) in [7, 11) is 3.90. The first-order chi connectivity index (χ1) is 12.6. The van der Waals surface area contributed by atoms with Gasteiger partial charge >= 0.3 is 0 Å². The van der Waals surface area contributed by atoms with Crippen molar-refractivity contribution in [2.24, 2.45) is 7.05 Å². The molecule has 0 N–H and O–H groups in total. The minimum Gasteiger partial charge on any atom is -0.360 e. The van der Waals surface area contributed by atoms with Crippen LogP contribution in [-0.4, -0.2) is 35.1 Å². The summed E-state index contributed by atoms with van der Waals surface area (Å²) in [5, 5.41) is 0. The predicted octanol–water partition coefficient (Wildman–Crippen LogP) is 2.78. The Morgan fingerprint density at radius 2 is 2.00 bits per heavy atom. The molecule has 1 aromatic carbocycles. The van der Waals surface area contributed by atoms with Crippen LogP contribution in [0.1, 0.15) is 43.2 Å². The SMILES string of the molecule is Cc1n(CCN(C)C(=O)C(OC2CCCC2)c2ccccc2)cc[n+]1C. The van der Waals surface area contributed by atoms with E-state index in [1.807, 2.05) is 50.6 Å². The third kappa shape index (κ3) is 4.33. The molecule has 1 aromatic heterocycles. The number of nitrogens with zero attached hydrogens (tertiary/aromatic N) is 3. The Hall–Kier alpha value is -2.14. The van der Waals surface area contributed by atoms with Crippen molar-refractivity contribution < 1.29 is 14.1 Å². The van der Waals surface area contributed by atoms with E-state index in [9.17, 15) is 4.79 Å². The van der Waals surface area contributed by atoms with Crippen molar-refractivity contribution in [3.63, 3.8) is 0 Å². The Bertz CT molecular complexity index is 720. The zero-order valence-electron chi connectivity index (χ0n) is 16.1. The number of amides is 1. The molecule has 1 atom stereocenters. The summed E-state index contributed by atoms with van der Waals surface area (Å²) in [6.45, 7) is 3.52. The molecule has 1 saturated carbocycles. The van der Waals surface area contributed by atoms with E-state index in [0.717, 1.165) is 24.9 Å². The van der Waals surface area contributed by atoms with Crippen LogP contribution in [0.15, 0.2) is 42.7 Å². The fourth-order valence-electron chi connectivity index (χ4n) is 3.53. The normalized spacial score (nSPS) is 16.0. The van der Waals surface area contributed by atoms with Crippen molar-refractivity contribution in [1.29, 1.82) is 0 Å². The molecule has 1 aliphatic carbocycles. The second-order valence-electron chi connectivity index (χ2n) is 7.24. The lowest BCUT2D eigenvalue weighted by Gasteiger charge is -2.26. The molecule has 1 amide bonds. The van der Waals surface area contributed by atoms with Gasteiger partial charge in [-0.15, -0.1) is 0 Å². The van der Waals surface area contributed by atoms with Gasteiger partial charge in [0, 0.05) is 14.0 Å². The molecule has 0 saturated heterocycles.